The van der Waals surface area contributed by atoms with Crippen molar-refractivity contribution in [1.29, 1.82) is 0 Å². The Hall–Kier alpha value is -1.04. The summed E-state index contributed by atoms with van der Waals surface area (Å²) in [5.74, 6) is 1.38. The second-order valence-electron chi connectivity index (χ2n) is 6.13. The standard InChI is InChI=1S/C16H26N4O.2ClH/c1-12(2)9-14(10-17)19-16(21)13-5-6-15(18-11-13)20-7-3-4-8-20;;/h5-6,11-12,14H,3-4,7-10,17H2,1-2H3,(H,19,21);2*1H. The largest absolute Gasteiger partial charge is 0.357 e. The molecular formula is C16H28Cl2N4O. The third-order valence-electron chi connectivity index (χ3n) is 3.82. The summed E-state index contributed by atoms with van der Waals surface area (Å²) in [7, 11) is 0. The molecule has 0 aliphatic carbocycles. The topological polar surface area (TPSA) is 71.2 Å². The Morgan fingerprint density at radius 1 is 1.30 bits per heavy atom. The van der Waals surface area contributed by atoms with E-state index in [4.69, 9.17) is 5.73 Å². The highest BCUT2D eigenvalue weighted by molar-refractivity contribution is 5.94. The average Bonchev–Trinajstić information content (AvgIpc) is 3.00. The van der Waals surface area contributed by atoms with Crippen molar-refractivity contribution >= 4 is 36.5 Å². The van der Waals surface area contributed by atoms with Crippen LogP contribution in [0.4, 0.5) is 5.82 Å². The van der Waals surface area contributed by atoms with Gasteiger partial charge in [-0.2, -0.15) is 0 Å². The first-order chi connectivity index (χ1) is 10.1. The molecule has 1 aromatic heterocycles. The van der Waals surface area contributed by atoms with Crippen molar-refractivity contribution in [3.8, 4) is 0 Å². The molecule has 2 rings (SSSR count). The lowest BCUT2D eigenvalue weighted by Gasteiger charge is -2.19. The predicted molar refractivity (Wildman–Crippen MR) is 99.9 cm³/mol. The number of nitrogens with two attached hydrogens (primary N) is 1. The number of pyridine rings is 1. The summed E-state index contributed by atoms with van der Waals surface area (Å²) in [5.41, 5.74) is 6.31. The summed E-state index contributed by atoms with van der Waals surface area (Å²) in [5, 5.41) is 2.99. The van der Waals surface area contributed by atoms with Crippen LogP contribution in [-0.2, 0) is 0 Å². The maximum Gasteiger partial charge on any atom is 0.253 e. The Morgan fingerprint density at radius 2 is 1.96 bits per heavy atom. The van der Waals surface area contributed by atoms with E-state index in [1.807, 2.05) is 12.1 Å². The van der Waals surface area contributed by atoms with Crippen LogP contribution in [0.25, 0.3) is 0 Å². The zero-order valence-electron chi connectivity index (χ0n) is 13.8. The highest BCUT2D eigenvalue weighted by atomic mass is 35.5. The number of nitrogens with zero attached hydrogens (tertiary/aromatic N) is 2. The molecule has 1 aliphatic rings. The van der Waals surface area contributed by atoms with E-state index in [0.29, 0.717) is 18.0 Å². The molecule has 1 unspecified atom stereocenters. The zero-order chi connectivity index (χ0) is 15.2. The zero-order valence-corrected chi connectivity index (χ0v) is 15.5. The van der Waals surface area contributed by atoms with Crippen LogP contribution in [0.2, 0.25) is 0 Å². The number of hydrogen-bond acceptors (Lipinski definition) is 4. The first-order valence-electron chi connectivity index (χ1n) is 7.82. The van der Waals surface area contributed by atoms with E-state index in [2.05, 4.69) is 29.0 Å². The lowest BCUT2D eigenvalue weighted by atomic mass is 10.0. The summed E-state index contributed by atoms with van der Waals surface area (Å²) in [6.45, 7) is 6.83. The number of carbonyl (C=O) groups is 1. The van der Waals surface area contributed by atoms with Gasteiger partial charge in [-0.3, -0.25) is 4.79 Å². The van der Waals surface area contributed by atoms with E-state index < -0.39 is 0 Å². The Kier molecular flexibility index (Phi) is 10.2. The first kappa shape index (κ1) is 22.0. The number of rotatable bonds is 6. The van der Waals surface area contributed by atoms with Crippen LogP contribution >= 0.6 is 24.8 Å². The Morgan fingerprint density at radius 3 is 2.43 bits per heavy atom. The number of nitrogens with one attached hydrogen (secondary N) is 1. The van der Waals surface area contributed by atoms with Gasteiger partial charge in [-0.05, 0) is 37.3 Å². The van der Waals surface area contributed by atoms with Crippen LogP contribution in [0.15, 0.2) is 18.3 Å². The molecule has 5 nitrogen and oxygen atoms in total. The van der Waals surface area contributed by atoms with Crippen molar-refractivity contribution in [3.05, 3.63) is 23.9 Å². The van der Waals surface area contributed by atoms with Crippen molar-refractivity contribution in [1.82, 2.24) is 10.3 Å². The van der Waals surface area contributed by atoms with Gasteiger partial charge in [0.1, 0.15) is 5.82 Å². The lowest BCUT2D eigenvalue weighted by Crippen LogP contribution is -2.41. The molecule has 2 heterocycles. The monoisotopic (exact) mass is 362 g/mol. The third-order valence-corrected chi connectivity index (χ3v) is 3.82. The van der Waals surface area contributed by atoms with Crippen molar-refractivity contribution in [3.63, 3.8) is 0 Å². The minimum absolute atomic E-state index is 0. The number of carbonyl (C=O) groups excluding carboxylic acids is 1. The Labute approximate surface area is 151 Å². The minimum Gasteiger partial charge on any atom is -0.357 e. The first-order valence-corrected chi connectivity index (χ1v) is 7.82. The van der Waals surface area contributed by atoms with Crippen LogP contribution in [0.1, 0.15) is 43.5 Å². The molecule has 0 spiro atoms. The fourth-order valence-corrected chi connectivity index (χ4v) is 2.71. The SMILES string of the molecule is CC(C)CC(CN)NC(=O)c1ccc(N2CCCC2)nc1.Cl.Cl. The van der Waals surface area contributed by atoms with Gasteiger partial charge < -0.3 is 16.0 Å². The van der Waals surface area contributed by atoms with E-state index in [1.54, 1.807) is 6.20 Å². The second-order valence-corrected chi connectivity index (χ2v) is 6.13. The highest BCUT2D eigenvalue weighted by Crippen LogP contribution is 2.17. The summed E-state index contributed by atoms with van der Waals surface area (Å²) < 4.78 is 0. The van der Waals surface area contributed by atoms with Gasteiger partial charge in [0.25, 0.3) is 5.91 Å². The van der Waals surface area contributed by atoms with Crippen molar-refractivity contribution in [2.75, 3.05) is 24.5 Å². The molecule has 1 saturated heterocycles. The Bertz CT molecular complexity index is 462. The van der Waals surface area contributed by atoms with Crippen LogP contribution in [-0.4, -0.2) is 36.6 Å². The molecule has 0 radical (unpaired) electrons. The predicted octanol–water partition coefficient (Wildman–Crippen LogP) is 2.63. The molecule has 0 bridgehead atoms. The van der Waals surface area contributed by atoms with Crippen LogP contribution in [0, 0.1) is 5.92 Å². The average molecular weight is 363 g/mol. The van der Waals surface area contributed by atoms with Crippen molar-refractivity contribution < 1.29 is 4.79 Å². The molecule has 23 heavy (non-hydrogen) atoms. The van der Waals surface area contributed by atoms with E-state index in [0.717, 1.165) is 25.3 Å². The molecule has 1 aromatic rings. The number of hydrogen-bond donors (Lipinski definition) is 2. The van der Waals surface area contributed by atoms with Gasteiger partial charge in [0, 0.05) is 31.9 Å². The smallest absolute Gasteiger partial charge is 0.253 e. The van der Waals surface area contributed by atoms with Gasteiger partial charge >= 0.3 is 0 Å². The van der Waals surface area contributed by atoms with Gasteiger partial charge in [0.2, 0.25) is 0 Å². The molecule has 1 amide bonds. The molecular weight excluding hydrogens is 335 g/mol. The molecule has 0 aromatic carbocycles. The summed E-state index contributed by atoms with van der Waals surface area (Å²) in [6, 6.07) is 3.80. The fraction of sp³-hybridized carbons (Fsp3) is 0.625. The number of anilines is 1. The van der Waals surface area contributed by atoms with Gasteiger partial charge in [0.15, 0.2) is 0 Å². The number of halogens is 2. The molecule has 1 aliphatic heterocycles. The van der Waals surface area contributed by atoms with E-state index in [1.165, 1.54) is 12.8 Å². The summed E-state index contributed by atoms with van der Waals surface area (Å²) in [6.07, 6.45) is 4.99. The van der Waals surface area contributed by atoms with Crippen molar-refractivity contribution in [2.45, 2.75) is 39.2 Å². The molecule has 7 heteroatoms. The van der Waals surface area contributed by atoms with Gasteiger partial charge in [-0.25, -0.2) is 4.98 Å². The quantitative estimate of drug-likeness (QED) is 0.815. The normalized spacial score (nSPS) is 14.9. The second kappa shape index (κ2) is 10.7. The molecule has 1 atom stereocenters. The van der Waals surface area contributed by atoms with E-state index in [9.17, 15) is 4.79 Å². The summed E-state index contributed by atoms with van der Waals surface area (Å²) >= 11 is 0. The summed E-state index contributed by atoms with van der Waals surface area (Å²) in [4.78, 5) is 18.9. The van der Waals surface area contributed by atoms with Gasteiger partial charge in [-0.1, -0.05) is 13.8 Å². The third kappa shape index (κ3) is 6.53. The fourth-order valence-electron chi connectivity index (χ4n) is 2.71. The van der Waals surface area contributed by atoms with Crippen LogP contribution in [0.5, 0.6) is 0 Å². The van der Waals surface area contributed by atoms with E-state index in [-0.39, 0.29) is 36.8 Å². The molecule has 1 fully saturated rings. The van der Waals surface area contributed by atoms with Gasteiger partial charge in [-0.15, -0.1) is 24.8 Å². The minimum atomic E-state index is -0.0911. The lowest BCUT2D eigenvalue weighted by molar-refractivity contribution is 0.0933. The Balaban J connectivity index is 0.00000242. The maximum atomic E-state index is 12.2. The number of amides is 1. The van der Waals surface area contributed by atoms with Gasteiger partial charge in [0.05, 0.1) is 5.56 Å². The molecule has 0 saturated carbocycles. The van der Waals surface area contributed by atoms with Crippen LogP contribution in [0.3, 0.4) is 0 Å². The molecule has 132 valence electrons. The highest BCUT2D eigenvalue weighted by Gasteiger charge is 2.16. The number of aromatic nitrogens is 1. The van der Waals surface area contributed by atoms with Crippen LogP contribution < -0.4 is 16.0 Å². The van der Waals surface area contributed by atoms with E-state index >= 15 is 0 Å². The maximum absolute atomic E-state index is 12.2. The molecule has 3 N–H and O–H groups in total. The van der Waals surface area contributed by atoms with Crippen molar-refractivity contribution in [2.24, 2.45) is 11.7 Å².